The molecule has 2 saturated heterocycles. The average molecular weight is 539 g/mol. The smallest absolute Gasteiger partial charge is 0.239 e. The minimum absolute atomic E-state index is 0.0636. The van der Waals surface area contributed by atoms with Gasteiger partial charge < -0.3 is 20.3 Å². The van der Waals surface area contributed by atoms with E-state index in [2.05, 4.69) is 39.4 Å². The molecule has 3 heterocycles. The molecule has 1 aromatic heterocycles. The molecule has 0 aliphatic carbocycles. The molecule has 6 nitrogen and oxygen atoms in total. The number of thiophene rings is 1. The van der Waals surface area contributed by atoms with Gasteiger partial charge in [-0.15, -0.1) is 11.3 Å². The minimum Gasteiger partial charge on any atom is -0.493 e. The molecule has 2 aromatic carbocycles. The predicted molar refractivity (Wildman–Crippen MR) is 152 cm³/mol. The van der Waals surface area contributed by atoms with Crippen molar-refractivity contribution >= 4 is 27.3 Å². The van der Waals surface area contributed by atoms with Gasteiger partial charge in [0, 0.05) is 49.5 Å². The fourth-order valence-corrected chi connectivity index (χ4v) is 6.78. The van der Waals surface area contributed by atoms with Gasteiger partial charge >= 0.3 is 0 Å². The van der Waals surface area contributed by atoms with Crippen LogP contribution in [0.3, 0.4) is 0 Å². The summed E-state index contributed by atoms with van der Waals surface area (Å²) < 4.78 is 21.4. The number of halogens is 1. The van der Waals surface area contributed by atoms with E-state index in [4.69, 9.17) is 10.5 Å². The third kappa shape index (κ3) is 6.20. The number of piperidine rings is 1. The van der Waals surface area contributed by atoms with E-state index in [9.17, 15) is 9.18 Å². The molecule has 0 radical (unpaired) electrons. The highest BCUT2D eigenvalue weighted by molar-refractivity contribution is 7.17. The predicted octanol–water partition coefficient (Wildman–Crippen LogP) is 4.37. The van der Waals surface area contributed by atoms with Crippen molar-refractivity contribution in [1.82, 2.24) is 14.7 Å². The Morgan fingerprint density at radius 1 is 1.05 bits per heavy atom. The van der Waals surface area contributed by atoms with E-state index >= 15 is 0 Å². The molecule has 5 rings (SSSR count). The van der Waals surface area contributed by atoms with Crippen LogP contribution in [0.1, 0.15) is 30.9 Å². The summed E-state index contributed by atoms with van der Waals surface area (Å²) in [5, 5.41) is 3.67. The van der Waals surface area contributed by atoms with E-state index in [1.54, 1.807) is 6.07 Å². The Bertz CT molecular complexity index is 1220. The van der Waals surface area contributed by atoms with Crippen LogP contribution in [0.5, 0.6) is 5.75 Å². The van der Waals surface area contributed by atoms with Gasteiger partial charge in [0.1, 0.15) is 11.6 Å². The van der Waals surface area contributed by atoms with E-state index in [0.717, 1.165) is 38.9 Å². The maximum atomic E-state index is 14.5. The number of nitrogens with two attached hydrogens (primary N) is 1. The molecule has 0 spiro atoms. The van der Waals surface area contributed by atoms with Gasteiger partial charge in [0.25, 0.3) is 0 Å². The topological polar surface area (TPSA) is 62.0 Å². The summed E-state index contributed by atoms with van der Waals surface area (Å²) in [4.78, 5) is 19.8. The average Bonchev–Trinajstić information content (AvgIpc) is 3.37. The summed E-state index contributed by atoms with van der Waals surface area (Å²) in [5.41, 5.74) is 8.55. The summed E-state index contributed by atoms with van der Waals surface area (Å²) in [6.45, 7) is 8.57. The summed E-state index contributed by atoms with van der Waals surface area (Å²) in [5.74, 6) is 0.647. The quantitative estimate of drug-likeness (QED) is 0.439. The lowest BCUT2D eigenvalue weighted by Gasteiger charge is -2.39. The van der Waals surface area contributed by atoms with Crippen molar-refractivity contribution in [3.05, 3.63) is 64.8 Å². The molecule has 1 amide bonds. The number of rotatable bonds is 9. The Kier molecular flexibility index (Phi) is 8.94. The molecule has 8 heteroatoms. The number of hydrogen-bond acceptors (Lipinski definition) is 6. The first-order valence-electron chi connectivity index (χ1n) is 13.9. The number of benzene rings is 2. The second kappa shape index (κ2) is 12.6. The molecule has 2 aliphatic heterocycles. The van der Waals surface area contributed by atoms with Crippen LogP contribution in [0.2, 0.25) is 0 Å². The number of carbonyl (C=O) groups excluding carboxylic acids is 1. The lowest BCUT2D eigenvalue weighted by atomic mass is 9.88. The van der Waals surface area contributed by atoms with Crippen molar-refractivity contribution in [3.63, 3.8) is 0 Å². The summed E-state index contributed by atoms with van der Waals surface area (Å²) in [6, 6.07) is 13.1. The number of fused-ring (bicyclic) bond motifs is 1. The zero-order valence-electron chi connectivity index (χ0n) is 22.3. The van der Waals surface area contributed by atoms with E-state index in [-0.39, 0.29) is 17.6 Å². The van der Waals surface area contributed by atoms with Crippen LogP contribution in [0.4, 0.5) is 4.39 Å². The highest BCUT2D eigenvalue weighted by atomic mass is 32.1. The molecule has 1 atom stereocenters. The third-order valence-electron chi connectivity index (χ3n) is 8.13. The molecule has 2 fully saturated rings. The largest absolute Gasteiger partial charge is 0.493 e. The first kappa shape index (κ1) is 27.1. The van der Waals surface area contributed by atoms with Crippen molar-refractivity contribution in [2.45, 2.75) is 38.8 Å². The van der Waals surface area contributed by atoms with Gasteiger partial charge in [-0.3, -0.25) is 9.69 Å². The van der Waals surface area contributed by atoms with Crippen LogP contribution in [0, 0.1) is 11.7 Å². The Hall–Kier alpha value is -2.52. The zero-order chi connectivity index (χ0) is 26.5. The fourth-order valence-electron chi connectivity index (χ4n) is 5.79. The SMILES string of the molecule is CCOc1cccc(F)c1CN1CCN(C(=O)[C@H](N)C2CCN(CCc3csc4ccccc34)CC2)CC1. The van der Waals surface area contributed by atoms with Crippen molar-refractivity contribution in [3.8, 4) is 5.75 Å². The lowest BCUT2D eigenvalue weighted by molar-refractivity contribution is -0.136. The van der Waals surface area contributed by atoms with Gasteiger partial charge in [-0.1, -0.05) is 24.3 Å². The summed E-state index contributed by atoms with van der Waals surface area (Å²) in [6.07, 6.45) is 2.98. The van der Waals surface area contributed by atoms with Crippen LogP contribution >= 0.6 is 11.3 Å². The number of amides is 1. The molecule has 2 aliphatic rings. The molecule has 204 valence electrons. The molecule has 0 saturated carbocycles. The third-order valence-corrected chi connectivity index (χ3v) is 9.14. The number of likely N-dealkylation sites (tertiary alicyclic amines) is 1. The van der Waals surface area contributed by atoms with E-state index in [1.807, 2.05) is 29.2 Å². The van der Waals surface area contributed by atoms with Gasteiger partial charge in [-0.05, 0) is 79.7 Å². The van der Waals surface area contributed by atoms with E-state index in [0.29, 0.717) is 50.6 Å². The fraction of sp³-hybridized carbons (Fsp3) is 0.500. The molecule has 0 bridgehead atoms. The zero-order valence-corrected chi connectivity index (χ0v) is 23.1. The maximum Gasteiger partial charge on any atom is 0.239 e. The number of ether oxygens (including phenoxy) is 1. The summed E-state index contributed by atoms with van der Waals surface area (Å²) in [7, 11) is 0. The van der Waals surface area contributed by atoms with Crippen LogP contribution < -0.4 is 10.5 Å². The maximum absolute atomic E-state index is 14.5. The highest BCUT2D eigenvalue weighted by Gasteiger charge is 2.33. The van der Waals surface area contributed by atoms with Gasteiger partial charge in [-0.25, -0.2) is 4.39 Å². The molecular weight excluding hydrogens is 499 g/mol. The van der Waals surface area contributed by atoms with Crippen molar-refractivity contribution < 1.29 is 13.9 Å². The van der Waals surface area contributed by atoms with Crippen molar-refractivity contribution in [2.75, 3.05) is 52.4 Å². The van der Waals surface area contributed by atoms with Gasteiger partial charge in [0.2, 0.25) is 5.91 Å². The first-order chi connectivity index (χ1) is 18.5. The van der Waals surface area contributed by atoms with E-state index in [1.165, 1.54) is 21.7 Å². The second-order valence-corrected chi connectivity index (χ2v) is 11.4. The van der Waals surface area contributed by atoms with Gasteiger partial charge in [0.15, 0.2) is 0 Å². The van der Waals surface area contributed by atoms with Gasteiger partial charge in [-0.2, -0.15) is 0 Å². The Balaban J connectivity index is 1.06. The molecule has 2 N–H and O–H groups in total. The minimum atomic E-state index is -0.444. The van der Waals surface area contributed by atoms with Gasteiger partial charge in [0.05, 0.1) is 12.6 Å². The van der Waals surface area contributed by atoms with Crippen molar-refractivity contribution in [2.24, 2.45) is 11.7 Å². The summed E-state index contributed by atoms with van der Waals surface area (Å²) >= 11 is 1.82. The van der Waals surface area contributed by atoms with Crippen molar-refractivity contribution in [1.29, 1.82) is 0 Å². The number of hydrogen-bond donors (Lipinski definition) is 1. The molecule has 3 aromatic rings. The van der Waals surface area contributed by atoms with E-state index < -0.39 is 6.04 Å². The van der Waals surface area contributed by atoms with Crippen LogP contribution in [-0.4, -0.2) is 79.1 Å². The Labute approximate surface area is 229 Å². The number of carbonyl (C=O) groups is 1. The number of piperazine rings is 1. The van der Waals surface area contributed by atoms with Crippen LogP contribution in [0.15, 0.2) is 47.8 Å². The first-order valence-corrected chi connectivity index (χ1v) is 14.8. The second-order valence-electron chi connectivity index (χ2n) is 10.5. The molecule has 0 unspecified atom stereocenters. The highest BCUT2D eigenvalue weighted by Crippen LogP contribution is 2.28. The number of nitrogens with zero attached hydrogens (tertiary/aromatic N) is 3. The Morgan fingerprint density at radius 3 is 2.58 bits per heavy atom. The lowest BCUT2D eigenvalue weighted by Crippen LogP contribution is -2.55. The monoisotopic (exact) mass is 538 g/mol. The standard InChI is InChI=1S/C30H39FN4O2S/c1-2-37-27-8-5-7-26(31)25(27)20-34-16-18-35(19-17-34)30(36)29(32)22-10-13-33(14-11-22)15-12-23-21-38-28-9-4-3-6-24(23)28/h3-9,21-22,29H,2,10-20,32H2,1H3/t29-/m1/s1. The molecule has 38 heavy (non-hydrogen) atoms. The normalized spacial score (nSPS) is 18.7. The van der Waals surface area contributed by atoms with Crippen LogP contribution in [0.25, 0.3) is 10.1 Å². The molecular formula is C30H39FN4O2S. The van der Waals surface area contributed by atoms with Crippen LogP contribution in [-0.2, 0) is 17.8 Å². The Morgan fingerprint density at radius 2 is 1.82 bits per heavy atom.